The lowest BCUT2D eigenvalue weighted by atomic mass is 10.1. The maximum absolute atomic E-state index is 10.4. The molecule has 2 amide bonds. The van der Waals surface area contributed by atoms with E-state index in [0.717, 1.165) is 12.8 Å². The molecule has 18 heavy (non-hydrogen) atoms. The molecule has 5 nitrogen and oxygen atoms in total. The molecule has 0 aliphatic rings. The van der Waals surface area contributed by atoms with Gasteiger partial charge in [-0.25, -0.2) is 4.79 Å². The summed E-state index contributed by atoms with van der Waals surface area (Å²) in [6, 6.07) is 7.13. The average Bonchev–Trinajstić information content (AvgIpc) is 2.34. The predicted molar refractivity (Wildman–Crippen MR) is 71.5 cm³/mol. The highest BCUT2D eigenvalue weighted by molar-refractivity contribution is 5.71. The van der Waals surface area contributed by atoms with Crippen LogP contribution in [0.25, 0.3) is 0 Å². The van der Waals surface area contributed by atoms with Crippen LogP contribution in [0.15, 0.2) is 24.3 Å². The first-order valence-corrected chi connectivity index (χ1v) is 6.12. The third kappa shape index (κ3) is 6.10. The van der Waals surface area contributed by atoms with E-state index in [1.165, 1.54) is 5.56 Å². The molecule has 1 unspecified atom stereocenters. The van der Waals surface area contributed by atoms with Crippen molar-refractivity contribution >= 4 is 6.03 Å². The SMILES string of the molecule is CC(CCc1ccc(O)cc1)NCCNC(N)=O. The summed E-state index contributed by atoms with van der Waals surface area (Å²) in [4.78, 5) is 10.4. The van der Waals surface area contributed by atoms with Gasteiger partial charge in [0.2, 0.25) is 0 Å². The first kappa shape index (κ1) is 14.3. The zero-order chi connectivity index (χ0) is 13.4. The van der Waals surface area contributed by atoms with E-state index < -0.39 is 6.03 Å². The number of amides is 2. The lowest BCUT2D eigenvalue weighted by molar-refractivity contribution is 0.249. The summed E-state index contributed by atoms with van der Waals surface area (Å²) in [5.41, 5.74) is 6.16. The first-order chi connectivity index (χ1) is 8.58. The Hall–Kier alpha value is -1.75. The molecule has 0 saturated carbocycles. The summed E-state index contributed by atoms with van der Waals surface area (Å²) in [7, 11) is 0. The van der Waals surface area contributed by atoms with Crippen molar-refractivity contribution in [1.29, 1.82) is 0 Å². The molecule has 0 saturated heterocycles. The quantitative estimate of drug-likeness (QED) is 0.545. The van der Waals surface area contributed by atoms with Crippen LogP contribution in [-0.4, -0.2) is 30.3 Å². The number of nitrogens with one attached hydrogen (secondary N) is 2. The third-order valence-corrected chi connectivity index (χ3v) is 2.72. The summed E-state index contributed by atoms with van der Waals surface area (Å²) in [5.74, 6) is 0.294. The topological polar surface area (TPSA) is 87.4 Å². The molecular formula is C13H21N3O2. The monoisotopic (exact) mass is 251 g/mol. The fourth-order valence-corrected chi connectivity index (χ4v) is 1.65. The summed E-state index contributed by atoms with van der Waals surface area (Å²) in [6.07, 6.45) is 1.96. The lowest BCUT2D eigenvalue weighted by Gasteiger charge is -2.13. The maximum atomic E-state index is 10.4. The number of hydrogen-bond donors (Lipinski definition) is 4. The maximum Gasteiger partial charge on any atom is 0.312 e. The van der Waals surface area contributed by atoms with Crippen LogP contribution in [0.2, 0.25) is 0 Å². The molecule has 0 aliphatic heterocycles. The number of primary amides is 1. The molecular weight excluding hydrogens is 230 g/mol. The van der Waals surface area contributed by atoms with E-state index in [1.807, 2.05) is 12.1 Å². The molecule has 1 aromatic carbocycles. The van der Waals surface area contributed by atoms with Gasteiger partial charge in [-0.05, 0) is 37.5 Å². The van der Waals surface area contributed by atoms with Gasteiger partial charge < -0.3 is 21.5 Å². The molecule has 0 radical (unpaired) electrons. The minimum atomic E-state index is -0.492. The number of carbonyl (C=O) groups is 1. The summed E-state index contributed by atoms with van der Waals surface area (Å²) < 4.78 is 0. The van der Waals surface area contributed by atoms with E-state index in [-0.39, 0.29) is 0 Å². The van der Waals surface area contributed by atoms with E-state index in [4.69, 9.17) is 10.8 Å². The van der Waals surface area contributed by atoms with Crippen LogP contribution >= 0.6 is 0 Å². The highest BCUT2D eigenvalue weighted by Gasteiger charge is 2.02. The van der Waals surface area contributed by atoms with Crippen LogP contribution in [0.5, 0.6) is 5.75 Å². The Morgan fingerprint density at radius 1 is 1.33 bits per heavy atom. The van der Waals surface area contributed by atoms with Crippen molar-refractivity contribution in [2.75, 3.05) is 13.1 Å². The molecule has 1 atom stereocenters. The molecule has 100 valence electrons. The van der Waals surface area contributed by atoms with Gasteiger partial charge in [0, 0.05) is 19.1 Å². The predicted octanol–water partition coefficient (Wildman–Crippen LogP) is 0.971. The van der Waals surface area contributed by atoms with Crippen LogP contribution in [0, 0.1) is 0 Å². The van der Waals surface area contributed by atoms with E-state index in [1.54, 1.807) is 12.1 Å². The fourth-order valence-electron chi connectivity index (χ4n) is 1.65. The highest BCUT2D eigenvalue weighted by atomic mass is 16.3. The minimum absolute atomic E-state index is 0.294. The molecule has 0 spiro atoms. The zero-order valence-electron chi connectivity index (χ0n) is 10.6. The Morgan fingerprint density at radius 2 is 2.00 bits per heavy atom. The van der Waals surface area contributed by atoms with E-state index in [0.29, 0.717) is 24.9 Å². The van der Waals surface area contributed by atoms with Gasteiger partial charge in [0.05, 0.1) is 0 Å². The molecule has 0 heterocycles. The number of benzene rings is 1. The molecule has 0 aliphatic carbocycles. The van der Waals surface area contributed by atoms with E-state index in [9.17, 15) is 4.79 Å². The standard InChI is InChI=1S/C13H21N3O2/c1-10(15-8-9-16-13(14)18)2-3-11-4-6-12(17)7-5-11/h4-7,10,15,17H,2-3,8-9H2,1H3,(H3,14,16,18). The van der Waals surface area contributed by atoms with Gasteiger partial charge in [-0.15, -0.1) is 0 Å². The van der Waals surface area contributed by atoms with Crippen molar-refractivity contribution in [3.05, 3.63) is 29.8 Å². The number of carbonyl (C=O) groups excluding carboxylic acids is 1. The van der Waals surface area contributed by atoms with E-state index in [2.05, 4.69) is 17.6 Å². The Morgan fingerprint density at radius 3 is 2.61 bits per heavy atom. The summed E-state index contributed by atoms with van der Waals surface area (Å²) in [6.45, 7) is 3.35. The van der Waals surface area contributed by atoms with Crippen molar-refractivity contribution < 1.29 is 9.90 Å². The van der Waals surface area contributed by atoms with Crippen LogP contribution in [0.3, 0.4) is 0 Å². The second-order valence-corrected chi connectivity index (χ2v) is 4.35. The summed E-state index contributed by atoms with van der Waals surface area (Å²) in [5, 5.41) is 15.0. The highest BCUT2D eigenvalue weighted by Crippen LogP contribution is 2.11. The van der Waals surface area contributed by atoms with Gasteiger partial charge in [-0.3, -0.25) is 0 Å². The van der Waals surface area contributed by atoms with Crippen LogP contribution in [0.1, 0.15) is 18.9 Å². The van der Waals surface area contributed by atoms with Gasteiger partial charge >= 0.3 is 6.03 Å². The number of rotatable bonds is 7. The van der Waals surface area contributed by atoms with Crippen molar-refractivity contribution in [3.8, 4) is 5.75 Å². The second kappa shape index (κ2) is 7.55. The molecule has 0 fully saturated rings. The minimum Gasteiger partial charge on any atom is -0.508 e. The van der Waals surface area contributed by atoms with Crippen molar-refractivity contribution in [2.45, 2.75) is 25.8 Å². The fraction of sp³-hybridized carbons (Fsp3) is 0.462. The Balaban J connectivity index is 2.14. The van der Waals surface area contributed by atoms with Crippen molar-refractivity contribution in [2.24, 2.45) is 5.73 Å². The number of phenolic OH excluding ortho intramolecular Hbond substituents is 1. The second-order valence-electron chi connectivity index (χ2n) is 4.35. The number of aromatic hydroxyl groups is 1. The van der Waals surface area contributed by atoms with E-state index >= 15 is 0 Å². The van der Waals surface area contributed by atoms with Gasteiger partial charge in [-0.2, -0.15) is 0 Å². The number of aryl methyl sites for hydroxylation is 1. The van der Waals surface area contributed by atoms with Crippen LogP contribution < -0.4 is 16.4 Å². The number of phenols is 1. The molecule has 1 aromatic rings. The zero-order valence-corrected chi connectivity index (χ0v) is 10.6. The van der Waals surface area contributed by atoms with Crippen LogP contribution in [-0.2, 0) is 6.42 Å². The Bertz CT molecular complexity index is 365. The molecule has 0 bridgehead atoms. The van der Waals surface area contributed by atoms with Crippen molar-refractivity contribution in [1.82, 2.24) is 10.6 Å². The smallest absolute Gasteiger partial charge is 0.312 e. The average molecular weight is 251 g/mol. The van der Waals surface area contributed by atoms with Gasteiger partial charge in [0.1, 0.15) is 5.75 Å². The van der Waals surface area contributed by atoms with Crippen molar-refractivity contribution in [3.63, 3.8) is 0 Å². The van der Waals surface area contributed by atoms with Gasteiger partial charge in [-0.1, -0.05) is 12.1 Å². The van der Waals surface area contributed by atoms with Crippen LogP contribution in [0.4, 0.5) is 4.79 Å². The third-order valence-electron chi connectivity index (χ3n) is 2.72. The molecule has 5 N–H and O–H groups in total. The number of hydrogen-bond acceptors (Lipinski definition) is 3. The molecule has 5 heteroatoms. The Labute approximate surface area is 107 Å². The Kier molecular flexibility index (Phi) is 6.00. The number of nitrogens with two attached hydrogens (primary N) is 1. The summed E-state index contributed by atoms with van der Waals surface area (Å²) >= 11 is 0. The van der Waals surface area contributed by atoms with Gasteiger partial charge in [0.15, 0.2) is 0 Å². The first-order valence-electron chi connectivity index (χ1n) is 6.12. The normalized spacial score (nSPS) is 12.1. The molecule has 1 rings (SSSR count). The van der Waals surface area contributed by atoms with Gasteiger partial charge in [0.25, 0.3) is 0 Å². The molecule has 0 aromatic heterocycles. The number of urea groups is 1. The lowest BCUT2D eigenvalue weighted by Crippen LogP contribution is -2.38. The largest absolute Gasteiger partial charge is 0.508 e.